The van der Waals surface area contributed by atoms with Crippen LogP contribution in [0.4, 0.5) is 0 Å². The summed E-state index contributed by atoms with van der Waals surface area (Å²) >= 11 is 1.84. The number of nitriles is 1. The molecule has 0 fully saturated rings. The Kier molecular flexibility index (Phi) is 4.41. The fraction of sp³-hybridized carbons (Fsp3) is 0.556. The van der Waals surface area contributed by atoms with Gasteiger partial charge in [0.2, 0.25) is 6.33 Å². The molecule has 70 valence electrons. The molecule has 1 aromatic rings. The van der Waals surface area contributed by atoms with E-state index in [9.17, 15) is 0 Å². The Hall–Kier alpha value is -0.950. The summed E-state index contributed by atoms with van der Waals surface area (Å²) in [4.78, 5) is 0. The van der Waals surface area contributed by atoms with Crippen molar-refractivity contribution in [2.45, 2.75) is 19.5 Å². The number of aryl methyl sites for hydroxylation is 2. The van der Waals surface area contributed by atoms with Crippen LogP contribution in [0.5, 0.6) is 0 Å². The highest BCUT2D eigenvalue weighted by atomic mass is 32.2. The second-order valence-corrected chi connectivity index (χ2v) is 3.78. The molecule has 0 aliphatic carbocycles. The van der Waals surface area contributed by atoms with Crippen molar-refractivity contribution >= 4 is 11.8 Å². The predicted molar refractivity (Wildman–Crippen MR) is 53.2 cm³/mol. The van der Waals surface area contributed by atoms with Gasteiger partial charge in [-0.1, -0.05) is 0 Å². The third-order valence-corrected chi connectivity index (χ3v) is 2.37. The minimum absolute atomic E-state index is 0.581. The fourth-order valence-corrected chi connectivity index (χ4v) is 1.47. The summed E-state index contributed by atoms with van der Waals surface area (Å²) < 4.78 is 4.19. The first-order valence-corrected chi connectivity index (χ1v) is 5.67. The summed E-state index contributed by atoms with van der Waals surface area (Å²) in [5.41, 5.74) is 0. The van der Waals surface area contributed by atoms with Gasteiger partial charge in [-0.05, 0) is 6.26 Å². The van der Waals surface area contributed by atoms with Crippen LogP contribution in [0, 0.1) is 11.3 Å². The smallest absolute Gasteiger partial charge is 0.236 e. The number of aromatic nitrogens is 2. The van der Waals surface area contributed by atoms with Crippen LogP contribution in [-0.4, -0.2) is 16.6 Å². The van der Waals surface area contributed by atoms with Crippen molar-refractivity contribution in [3.8, 4) is 6.07 Å². The maximum Gasteiger partial charge on any atom is 0.243 e. The first-order chi connectivity index (χ1) is 6.36. The second kappa shape index (κ2) is 5.65. The minimum atomic E-state index is 0.581. The molecule has 0 spiro atoms. The fourth-order valence-electron chi connectivity index (χ4n) is 1.08. The molecule has 3 nitrogen and oxygen atoms in total. The van der Waals surface area contributed by atoms with E-state index in [1.165, 1.54) is 0 Å². The number of thioether (sulfide) groups is 1. The molecule has 0 saturated heterocycles. The minimum Gasteiger partial charge on any atom is -0.236 e. The molecule has 1 aromatic heterocycles. The summed E-state index contributed by atoms with van der Waals surface area (Å²) in [6, 6.07) is 2.13. The largest absolute Gasteiger partial charge is 0.243 e. The van der Waals surface area contributed by atoms with Gasteiger partial charge in [0.05, 0.1) is 19.0 Å². The summed E-state index contributed by atoms with van der Waals surface area (Å²) in [6.07, 6.45) is 8.79. The zero-order chi connectivity index (χ0) is 9.52. The first-order valence-electron chi connectivity index (χ1n) is 4.27. The molecule has 0 unspecified atom stereocenters. The maximum absolute atomic E-state index is 8.40. The van der Waals surface area contributed by atoms with Crippen molar-refractivity contribution in [3.05, 3.63) is 18.7 Å². The number of rotatable bonds is 5. The van der Waals surface area contributed by atoms with Crippen LogP contribution < -0.4 is 4.57 Å². The Morgan fingerprint density at radius 2 is 2.46 bits per heavy atom. The summed E-state index contributed by atoms with van der Waals surface area (Å²) in [7, 11) is 0. The highest BCUT2D eigenvalue weighted by Gasteiger charge is 2.01. The lowest BCUT2D eigenvalue weighted by Crippen LogP contribution is -2.30. The summed E-state index contributed by atoms with van der Waals surface area (Å²) in [5.74, 6) is 1.13. The molecule has 0 atom stereocenters. The van der Waals surface area contributed by atoms with Crippen LogP contribution in [0.3, 0.4) is 0 Å². The molecule has 0 N–H and O–H groups in total. The van der Waals surface area contributed by atoms with E-state index in [0.717, 1.165) is 18.8 Å². The van der Waals surface area contributed by atoms with E-state index in [-0.39, 0.29) is 0 Å². The molecule has 4 heteroatoms. The SMILES string of the molecule is CSCCn1cc[n+](CCC#N)c1. The van der Waals surface area contributed by atoms with Crippen molar-refractivity contribution in [3.63, 3.8) is 0 Å². The van der Waals surface area contributed by atoms with Gasteiger partial charge >= 0.3 is 0 Å². The van der Waals surface area contributed by atoms with Crippen LogP contribution in [0.2, 0.25) is 0 Å². The van der Waals surface area contributed by atoms with Crippen molar-refractivity contribution in [1.29, 1.82) is 5.26 Å². The normalized spacial score (nSPS) is 9.85. The Labute approximate surface area is 83.0 Å². The highest BCUT2D eigenvalue weighted by Crippen LogP contribution is 1.94. The van der Waals surface area contributed by atoms with Crippen LogP contribution in [0.1, 0.15) is 6.42 Å². The van der Waals surface area contributed by atoms with Gasteiger partial charge in [0, 0.05) is 5.75 Å². The van der Waals surface area contributed by atoms with E-state index in [2.05, 4.69) is 16.9 Å². The first kappa shape index (κ1) is 10.1. The molecule has 0 bridgehead atoms. The average molecular weight is 196 g/mol. The van der Waals surface area contributed by atoms with Crippen molar-refractivity contribution in [2.75, 3.05) is 12.0 Å². The van der Waals surface area contributed by atoms with Crippen LogP contribution >= 0.6 is 11.8 Å². The maximum atomic E-state index is 8.40. The van der Waals surface area contributed by atoms with Crippen LogP contribution in [-0.2, 0) is 13.1 Å². The molecule has 0 aliphatic rings. The third-order valence-electron chi connectivity index (χ3n) is 1.78. The Balaban J connectivity index is 2.40. The molecule has 13 heavy (non-hydrogen) atoms. The number of hydrogen-bond donors (Lipinski definition) is 0. The van der Waals surface area contributed by atoms with Crippen molar-refractivity contribution < 1.29 is 4.57 Å². The van der Waals surface area contributed by atoms with Gasteiger partial charge in [-0.15, -0.1) is 0 Å². The Morgan fingerprint density at radius 1 is 1.62 bits per heavy atom. The monoisotopic (exact) mass is 196 g/mol. The van der Waals surface area contributed by atoms with Gasteiger partial charge in [0.15, 0.2) is 0 Å². The molecule has 0 amide bonds. The van der Waals surface area contributed by atoms with E-state index >= 15 is 0 Å². The Morgan fingerprint density at radius 3 is 3.15 bits per heavy atom. The predicted octanol–water partition coefficient (Wildman–Crippen LogP) is 1.05. The quantitative estimate of drug-likeness (QED) is 0.659. The molecule has 0 aliphatic heterocycles. The van der Waals surface area contributed by atoms with E-state index in [1.54, 1.807) is 0 Å². The lowest BCUT2D eigenvalue weighted by Gasteiger charge is -1.92. The summed E-state index contributed by atoms with van der Waals surface area (Å²) in [6.45, 7) is 1.84. The topological polar surface area (TPSA) is 32.6 Å². The molecule has 1 rings (SSSR count). The second-order valence-electron chi connectivity index (χ2n) is 2.79. The van der Waals surface area contributed by atoms with Gasteiger partial charge < -0.3 is 0 Å². The standard InChI is InChI=1S/C9H14N3S/c1-13-8-7-12-6-5-11(9-12)4-2-3-10/h5-6,9H,2,4,7-8H2,1H3/q+1. The molecular formula is C9H14N3S+. The number of hydrogen-bond acceptors (Lipinski definition) is 2. The van der Waals surface area contributed by atoms with E-state index in [4.69, 9.17) is 5.26 Å². The highest BCUT2D eigenvalue weighted by molar-refractivity contribution is 7.98. The van der Waals surface area contributed by atoms with Gasteiger partial charge in [-0.2, -0.15) is 17.0 Å². The van der Waals surface area contributed by atoms with Crippen LogP contribution in [0.25, 0.3) is 0 Å². The molecule has 1 heterocycles. The van der Waals surface area contributed by atoms with Gasteiger partial charge in [0.25, 0.3) is 0 Å². The Bertz CT molecular complexity index is 287. The zero-order valence-electron chi connectivity index (χ0n) is 7.81. The van der Waals surface area contributed by atoms with Gasteiger partial charge in [-0.3, -0.25) is 0 Å². The van der Waals surface area contributed by atoms with E-state index in [1.807, 2.05) is 35.0 Å². The molecular weight excluding hydrogens is 182 g/mol. The lowest BCUT2D eigenvalue weighted by molar-refractivity contribution is -0.695. The summed E-state index contributed by atoms with van der Waals surface area (Å²) in [5, 5.41) is 8.40. The average Bonchev–Trinajstić information content (AvgIpc) is 2.59. The lowest BCUT2D eigenvalue weighted by atomic mass is 10.5. The molecule has 0 aromatic carbocycles. The number of imidazole rings is 1. The zero-order valence-corrected chi connectivity index (χ0v) is 8.63. The number of nitrogens with zero attached hydrogens (tertiary/aromatic N) is 3. The van der Waals surface area contributed by atoms with Gasteiger partial charge in [-0.25, -0.2) is 9.13 Å². The van der Waals surface area contributed by atoms with Gasteiger partial charge in [0.1, 0.15) is 18.9 Å². The van der Waals surface area contributed by atoms with E-state index in [0.29, 0.717) is 6.42 Å². The molecule has 0 radical (unpaired) electrons. The van der Waals surface area contributed by atoms with E-state index < -0.39 is 0 Å². The van der Waals surface area contributed by atoms with Crippen LogP contribution in [0.15, 0.2) is 18.7 Å². The van der Waals surface area contributed by atoms with Crippen molar-refractivity contribution in [2.24, 2.45) is 0 Å². The third kappa shape index (κ3) is 3.51. The molecule has 0 saturated carbocycles. The van der Waals surface area contributed by atoms with Crippen molar-refractivity contribution in [1.82, 2.24) is 4.57 Å².